The van der Waals surface area contributed by atoms with Crippen molar-refractivity contribution in [2.45, 2.75) is 37.6 Å². The van der Waals surface area contributed by atoms with E-state index in [1.165, 1.54) is 12.1 Å². The summed E-state index contributed by atoms with van der Waals surface area (Å²) in [5.74, 6) is 0. The highest BCUT2D eigenvalue weighted by Crippen LogP contribution is 2.31. The lowest BCUT2D eigenvalue weighted by Crippen LogP contribution is -2.48. The Bertz CT molecular complexity index is 470. The molecule has 1 saturated heterocycles. The van der Waals surface area contributed by atoms with Crippen LogP contribution < -0.4 is 5.32 Å². The summed E-state index contributed by atoms with van der Waals surface area (Å²) in [5.41, 5.74) is -0.606. The Labute approximate surface area is 122 Å². The molecule has 118 valence electrons. The molecule has 1 heterocycles. The smallest absolute Gasteiger partial charge is 0.387 e. The zero-order valence-electron chi connectivity index (χ0n) is 11.9. The molecule has 3 nitrogen and oxygen atoms in total. The monoisotopic (exact) mass is 303 g/mol. The highest BCUT2D eigenvalue weighted by atomic mass is 19.4. The summed E-state index contributed by atoms with van der Waals surface area (Å²) in [5, 5.41) is 13.3. The summed E-state index contributed by atoms with van der Waals surface area (Å²) in [7, 11) is 0. The number of hydrogen-bond acceptors (Lipinski definition) is 3. The normalized spacial score (nSPS) is 20.2. The predicted molar refractivity (Wildman–Crippen MR) is 72.9 cm³/mol. The molecule has 0 radical (unpaired) electrons. The van der Waals surface area contributed by atoms with Gasteiger partial charge in [-0.3, -0.25) is 0 Å². The molecule has 2 rings (SSSR count). The number of halogens is 3. The molecule has 1 aromatic carbocycles. The summed E-state index contributed by atoms with van der Waals surface area (Å²) < 4.78 is 43.3. The molecule has 1 atom stereocenters. The molecule has 0 spiro atoms. The average Bonchev–Trinajstić information content (AvgIpc) is 2.45. The molecule has 0 amide bonds. The van der Waals surface area contributed by atoms with E-state index in [4.69, 9.17) is 4.74 Å². The van der Waals surface area contributed by atoms with Crippen LogP contribution in [-0.4, -0.2) is 30.4 Å². The Morgan fingerprint density at radius 3 is 2.62 bits per heavy atom. The molecular formula is C15H20F3NO2. The fourth-order valence-electron chi connectivity index (χ4n) is 2.38. The van der Waals surface area contributed by atoms with Crippen molar-refractivity contribution in [2.24, 2.45) is 0 Å². The minimum atomic E-state index is -4.39. The maximum absolute atomic E-state index is 12.7. The maximum atomic E-state index is 12.7. The minimum Gasteiger partial charge on any atom is -0.387 e. The number of rotatable bonds is 4. The van der Waals surface area contributed by atoms with Crippen molar-refractivity contribution >= 4 is 0 Å². The molecule has 0 saturated carbocycles. The van der Waals surface area contributed by atoms with E-state index in [9.17, 15) is 18.3 Å². The van der Waals surface area contributed by atoms with Gasteiger partial charge >= 0.3 is 6.18 Å². The van der Waals surface area contributed by atoms with Crippen molar-refractivity contribution < 1.29 is 23.0 Å². The lowest BCUT2D eigenvalue weighted by atomic mass is 9.92. The van der Waals surface area contributed by atoms with Gasteiger partial charge in [0.15, 0.2) is 0 Å². The van der Waals surface area contributed by atoms with Crippen LogP contribution in [0.25, 0.3) is 0 Å². The van der Waals surface area contributed by atoms with E-state index >= 15 is 0 Å². The van der Waals surface area contributed by atoms with Gasteiger partial charge in [0.25, 0.3) is 0 Å². The molecule has 0 aromatic heterocycles. The number of β-amino-alcohol motifs (C(OH)–C–C–N with tert-alkyl or cyclic N) is 1. The molecule has 2 N–H and O–H groups in total. The molecule has 0 bridgehead atoms. The Morgan fingerprint density at radius 1 is 1.33 bits per heavy atom. The third-order valence-electron chi connectivity index (χ3n) is 3.92. The maximum Gasteiger partial charge on any atom is 0.416 e. The number of alkyl halides is 3. The van der Waals surface area contributed by atoms with Gasteiger partial charge in [-0.05, 0) is 37.5 Å². The molecule has 1 aliphatic heterocycles. The van der Waals surface area contributed by atoms with Crippen LogP contribution in [0.3, 0.4) is 0 Å². The van der Waals surface area contributed by atoms with Gasteiger partial charge in [0.2, 0.25) is 0 Å². The Morgan fingerprint density at radius 2 is 2.00 bits per heavy atom. The predicted octanol–water partition coefficient (Wildman–Crippen LogP) is 2.90. The van der Waals surface area contributed by atoms with E-state index in [0.29, 0.717) is 13.2 Å². The zero-order chi connectivity index (χ0) is 15.5. The topological polar surface area (TPSA) is 41.5 Å². The summed E-state index contributed by atoms with van der Waals surface area (Å²) in [4.78, 5) is 0. The standard InChI is InChI=1S/C15H20F3NO2/c1-14(5-7-21-8-6-14)19-10-13(20)11-3-2-4-12(9-11)15(16,17)18/h2-4,9,13,19-20H,5-8,10H2,1H3. The minimum absolute atomic E-state index is 0.138. The van der Waals surface area contributed by atoms with Crippen molar-refractivity contribution in [1.29, 1.82) is 0 Å². The number of aliphatic hydroxyl groups excluding tert-OH is 1. The number of aliphatic hydroxyl groups is 1. The van der Waals surface area contributed by atoms with Gasteiger partial charge in [0.05, 0.1) is 11.7 Å². The van der Waals surface area contributed by atoms with Crippen molar-refractivity contribution in [2.75, 3.05) is 19.8 Å². The first kappa shape index (κ1) is 16.3. The van der Waals surface area contributed by atoms with Crippen molar-refractivity contribution in [3.8, 4) is 0 Å². The first-order valence-corrected chi connectivity index (χ1v) is 6.98. The zero-order valence-corrected chi connectivity index (χ0v) is 11.9. The van der Waals surface area contributed by atoms with Crippen LogP contribution in [0, 0.1) is 0 Å². The van der Waals surface area contributed by atoms with Crippen molar-refractivity contribution in [3.63, 3.8) is 0 Å². The van der Waals surface area contributed by atoms with E-state index in [-0.39, 0.29) is 17.6 Å². The van der Waals surface area contributed by atoms with E-state index in [1.54, 1.807) is 0 Å². The SMILES string of the molecule is CC1(NCC(O)c2cccc(C(F)(F)F)c2)CCOCC1. The molecule has 1 fully saturated rings. The van der Waals surface area contributed by atoms with Crippen LogP contribution in [0.4, 0.5) is 13.2 Å². The molecule has 1 aromatic rings. The highest BCUT2D eigenvalue weighted by Gasteiger charge is 2.31. The van der Waals surface area contributed by atoms with Crippen molar-refractivity contribution in [1.82, 2.24) is 5.32 Å². The molecular weight excluding hydrogens is 283 g/mol. The van der Waals surface area contributed by atoms with Crippen LogP contribution in [0.5, 0.6) is 0 Å². The first-order chi connectivity index (χ1) is 9.80. The van der Waals surface area contributed by atoms with Gasteiger partial charge < -0.3 is 15.2 Å². The van der Waals surface area contributed by atoms with E-state index in [1.807, 2.05) is 6.92 Å². The fraction of sp³-hybridized carbons (Fsp3) is 0.600. The number of hydrogen-bond donors (Lipinski definition) is 2. The molecule has 1 aliphatic rings. The van der Waals surface area contributed by atoms with Crippen molar-refractivity contribution in [3.05, 3.63) is 35.4 Å². The third-order valence-corrected chi connectivity index (χ3v) is 3.92. The van der Waals surface area contributed by atoms with Gasteiger partial charge in [-0.2, -0.15) is 13.2 Å². The lowest BCUT2D eigenvalue weighted by Gasteiger charge is -2.35. The second-order valence-corrected chi connectivity index (χ2v) is 5.69. The van der Waals surface area contributed by atoms with Gasteiger partial charge in [-0.15, -0.1) is 0 Å². The molecule has 1 unspecified atom stereocenters. The van der Waals surface area contributed by atoms with E-state index in [0.717, 1.165) is 25.0 Å². The van der Waals surface area contributed by atoms with Gasteiger partial charge in [0, 0.05) is 25.3 Å². The van der Waals surface area contributed by atoms with Crippen LogP contribution in [0.15, 0.2) is 24.3 Å². The van der Waals surface area contributed by atoms with E-state index in [2.05, 4.69) is 5.32 Å². The second kappa shape index (κ2) is 6.34. The fourth-order valence-corrected chi connectivity index (χ4v) is 2.38. The largest absolute Gasteiger partial charge is 0.416 e. The van der Waals surface area contributed by atoms with Crippen LogP contribution >= 0.6 is 0 Å². The summed E-state index contributed by atoms with van der Waals surface area (Å²) in [6, 6.07) is 4.83. The summed E-state index contributed by atoms with van der Waals surface area (Å²) >= 11 is 0. The highest BCUT2D eigenvalue weighted by molar-refractivity contribution is 5.27. The number of benzene rings is 1. The Hall–Kier alpha value is -1.11. The Balaban J connectivity index is 1.98. The quantitative estimate of drug-likeness (QED) is 0.898. The first-order valence-electron chi connectivity index (χ1n) is 6.98. The summed E-state index contributed by atoms with van der Waals surface area (Å²) in [6.45, 7) is 3.57. The molecule has 6 heteroatoms. The molecule has 21 heavy (non-hydrogen) atoms. The average molecular weight is 303 g/mol. The molecule has 0 aliphatic carbocycles. The van der Waals surface area contributed by atoms with Gasteiger partial charge in [-0.1, -0.05) is 12.1 Å². The van der Waals surface area contributed by atoms with Crippen LogP contribution in [-0.2, 0) is 10.9 Å². The van der Waals surface area contributed by atoms with E-state index < -0.39 is 17.8 Å². The third kappa shape index (κ3) is 4.43. The lowest BCUT2D eigenvalue weighted by molar-refractivity contribution is -0.137. The van der Waals surface area contributed by atoms with Crippen LogP contribution in [0.2, 0.25) is 0 Å². The summed E-state index contributed by atoms with van der Waals surface area (Å²) in [6.07, 6.45) is -3.72. The Kier molecular flexibility index (Phi) is 4.91. The number of nitrogens with one attached hydrogen (secondary N) is 1. The number of ether oxygens (including phenoxy) is 1. The van der Waals surface area contributed by atoms with Crippen LogP contribution in [0.1, 0.15) is 37.0 Å². The second-order valence-electron chi connectivity index (χ2n) is 5.69. The van der Waals surface area contributed by atoms with Gasteiger partial charge in [0.1, 0.15) is 0 Å². The van der Waals surface area contributed by atoms with Gasteiger partial charge in [-0.25, -0.2) is 0 Å².